The number of ether oxygens (including phenoxy) is 1. The van der Waals surface area contributed by atoms with Gasteiger partial charge in [-0.2, -0.15) is 0 Å². The maximum atomic E-state index is 11.9. The number of esters is 1. The first-order chi connectivity index (χ1) is 9.09. The minimum Gasteiger partial charge on any atom is -0.461 e. The Hall–Kier alpha value is -1.52. The Morgan fingerprint density at radius 1 is 1.42 bits per heavy atom. The summed E-state index contributed by atoms with van der Waals surface area (Å²) < 4.78 is 7.11. The van der Waals surface area contributed by atoms with E-state index in [0.29, 0.717) is 12.4 Å². The summed E-state index contributed by atoms with van der Waals surface area (Å²) in [6.07, 6.45) is 5.22. The zero-order valence-electron chi connectivity index (χ0n) is 12.0. The van der Waals surface area contributed by atoms with Crippen molar-refractivity contribution >= 4 is 11.8 Å². The maximum Gasteiger partial charge on any atom is 0.360 e. The molecule has 1 aromatic heterocycles. The Labute approximate surface area is 114 Å². The van der Waals surface area contributed by atoms with Crippen molar-refractivity contribution in [2.24, 2.45) is 0 Å². The highest BCUT2D eigenvalue weighted by Crippen LogP contribution is 2.44. The number of carbonyl (C=O) groups is 1. The topological polar surface area (TPSA) is 70.1 Å². The number of nitrogen functional groups attached to an aromatic ring is 1. The van der Waals surface area contributed by atoms with E-state index < -0.39 is 5.97 Å². The molecule has 0 aliphatic heterocycles. The van der Waals surface area contributed by atoms with E-state index >= 15 is 0 Å². The SMILES string of the molecule is CCOC(=O)c1nc(CC)n(C2(CC)CCC2)c1N. The molecule has 2 N–H and O–H groups in total. The van der Waals surface area contributed by atoms with Crippen LogP contribution in [0.5, 0.6) is 0 Å². The van der Waals surface area contributed by atoms with Gasteiger partial charge in [0.25, 0.3) is 0 Å². The molecule has 0 atom stereocenters. The van der Waals surface area contributed by atoms with Gasteiger partial charge in [0, 0.05) is 12.0 Å². The first-order valence-electron chi connectivity index (χ1n) is 7.14. The van der Waals surface area contributed by atoms with Crippen LogP contribution in [0.1, 0.15) is 62.8 Å². The zero-order chi connectivity index (χ0) is 14.0. The number of hydrogen-bond donors (Lipinski definition) is 1. The lowest BCUT2D eigenvalue weighted by Gasteiger charge is -2.44. The van der Waals surface area contributed by atoms with Gasteiger partial charge in [-0.05, 0) is 32.6 Å². The first-order valence-corrected chi connectivity index (χ1v) is 7.14. The largest absolute Gasteiger partial charge is 0.461 e. The molecule has 1 heterocycles. The van der Waals surface area contributed by atoms with Crippen molar-refractivity contribution in [3.63, 3.8) is 0 Å². The van der Waals surface area contributed by atoms with Crippen molar-refractivity contribution in [3.8, 4) is 0 Å². The van der Waals surface area contributed by atoms with Crippen LogP contribution in [0.15, 0.2) is 0 Å². The Morgan fingerprint density at radius 2 is 2.11 bits per heavy atom. The summed E-state index contributed by atoms with van der Waals surface area (Å²) in [5.41, 5.74) is 6.52. The fourth-order valence-corrected chi connectivity index (χ4v) is 2.92. The minimum absolute atomic E-state index is 0.0627. The summed E-state index contributed by atoms with van der Waals surface area (Å²) in [4.78, 5) is 16.3. The molecule has 2 rings (SSSR count). The van der Waals surface area contributed by atoms with Gasteiger partial charge >= 0.3 is 5.97 Å². The first kappa shape index (κ1) is 13.9. The molecule has 0 radical (unpaired) electrons. The monoisotopic (exact) mass is 265 g/mol. The summed E-state index contributed by atoms with van der Waals surface area (Å²) in [6, 6.07) is 0. The fraction of sp³-hybridized carbons (Fsp3) is 0.714. The average Bonchev–Trinajstić information content (AvgIpc) is 2.68. The predicted molar refractivity (Wildman–Crippen MR) is 74.1 cm³/mol. The van der Waals surface area contributed by atoms with E-state index in [2.05, 4.69) is 16.5 Å². The zero-order valence-corrected chi connectivity index (χ0v) is 12.0. The molecule has 19 heavy (non-hydrogen) atoms. The van der Waals surface area contributed by atoms with E-state index in [1.165, 1.54) is 6.42 Å². The van der Waals surface area contributed by atoms with Crippen LogP contribution in [0, 0.1) is 0 Å². The van der Waals surface area contributed by atoms with Crippen LogP contribution in [0.2, 0.25) is 0 Å². The van der Waals surface area contributed by atoms with Crippen LogP contribution in [0.4, 0.5) is 5.82 Å². The number of nitrogens with two attached hydrogens (primary N) is 1. The lowest BCUT2D eigenvalue weighted by molar-refractivity contribution is 0.0521. The van der Waals surface area contributed by atoms with E-state index in [-0.39, 0.29) is 11.2 Å². The van der Waals surface area contributed by atoms with Gasteiger partial charge in [0.05, 0.1) is 6.61 Å². The molecule has 1 aromatic rings. The molecule has 5 heteroatoms. The number of aryl methyl sites for hydroxylation is 1. The second kappa shape index (κ2) is 5.23. The van der Waals surface area contributed by atoms with Crippen molar-refractivity contribution in [3.05, 3.63) is 11.5 Å². The lowest BCUT2D eigenvalue weighted by atomic mass is 9.74. The van der Waals surface area contributed by atoms with E-state index in [1.54, 1.807) is 6.92 Å². The third-order valence-electron chi connectivity index (χ3n) is 4.18. The van der Waals surface area contributed by atoms with Crippen molar-refractivity contribution in [2.45, 2.75) is 58.4 Å². The van der Waals surface area contributed by atoms with Gasteiger partial charge in [0.15, 0.2) is 5.69 Å². The highest BCUT2D eigenvalue weighted by atomic mass is 16.5. The lowest BCUT2D eigenvalue weighted by Crippen LogP contribution is -2.41. The molecule has 1 aliphatic rings. The number of nitrogens with zero attached hydrogens (tertiary/aromatic N) is 2. The van der Waals surface area contributed by atoms with Crippen molar-refractivity contribution in [2.75, 3.05) is 12.3 Å². The Morgan fingerprint density at radius 3 is 2.53 bits per heavy atom. The average molecular weight is 265 g/mol. The van der Waals surface area contributed by atoms with Gasteiger partial charge in [0.1, 0.15) is 11.6 Å². The smallest absolute Gasteiger partial charge is 0.360 e. The summed E-state index contributed by atoms with van der Waals surface area (Å²) in [7, 11) is 0. The van der Waals surface area contributed by atoms with Crippen LogP contribution >= 0.6 is 0 Å². The molecule has 0 aromatic carbocycles. The van der Waals surface area contributed by atoms with Gasteiger partial charge < -0.3 is 15.0 Å². The normalized spacial score (nSPS) is 17.0. The maximum absolute atomic E-state index is 11.9. The predicted octanol–water partition coefficient (Wildman–Crippen LogP) is 2.49. The Balaban J connectivity index is 2.46. The van der Waals surface area contributed by atoms with E-state index in [1.807, 2.05) is 6.92 Å². The van der Waals surface area contributed by atoms with Gasteiger partial charge in [-0.25, -0.2) is 9.78 Å². The van der Waals surface area contributed by atoms with Crippen molar-refractivity contribution in [1.82, 2.24) is 9.55 Å². The molecule has 0 unspecified atom stereocenters. The quantitative estimate of drug-likeness (QED) is 0.830. The molecular formula is C14H23N3O2. The number of anilines is 1. The molecule has 0 amide bonds. The Kier molecular flexibility index (Phi) is 3.83. The van der Waals surface area contributed by atoms with Crippen LogP contribution in [0.25, 0.3) is 0 Å². The van der Waals surface area contributed by atoms with Gasteiger partial charge in [-0.15, -0.1) is 0 Å². The van der Waals surface area contributed by atoms with Gasteiger partial charge in [0.2, 0.25) is 0 Å². The molecule has 0 bridgehead atoms. The molecule has 1 aliphatic carbocycles. The van der Waals surface area contributed by atoms with E-state index in [0.717, 1.165) is 31.5 Å². The van der Waals surface area contributed by atoms with E-state index in [9.17, 15) is 4.79 Å². The summed E-state index contributed by atoms with van der Waals surface area (Å²) in [5, 5.41) is 0. The molecule has 5 nitrogen and oxygen atoms in total. The van der Waals surface area contributed by atoms with Gasteiger partial charge in [-0.1, -0.05) is 13.8 Å². The van der Waals surface area contributed by atoms with Crippen molar-refractivity contribution in [1.29, 1.82) is 0 Å². The third-order valence-corrected chi connectivity index (χ3v) is 4.18. The van der Waals surface area contributed by atoms with Crippen LogP contribution in [-0.2, 0) is 16.7 Å². The second-order valence-corrected chi connectivity index (χ2v) is 5.10. The number of aromatic nitrogens is 2. The van der Waals surface area contributed by atoms with Crippen LogP contribution < -0.4 is 5.73 Å². The number of imidazole rings is 1. The number of carbonyl (C=O) groups excluding carboxylic acids is 1. The third kappa shape index (κ3) is 2.11. The molecule has 1 saturated carbocycles. The highest BCUT2D eigenvalue weighted by Gasteiger charge is 2.41. The minimum atomic E-state index is -0.418. The standard InChI is InChI=1S/C14H23N3O2/c1-4-10-16-11(13(18)19-6-3)12(15)17(10)14(5-2)8-7-9-14/h4-9,15H2,1-3H3. The van der Waals surface area contributed by atoms with Crippen molar-refractivity contribution < 1.29 is 9.53 Å². The summed E-state index contributed by atoms with van der Waals surface area (Å²) >= 11 is 0. The van der Waals surface area contributed by atoms with Crippen LogP contribution in [-0.4, -0.2) is 22.1 Å². The number of rotatable bonds is 5. The van der Waals surface area contributed by atoms with E-state index in [4.69, 9.17) is 10.5 Å². The number of hydrogen-bond acceptors (Lipinski definition) is 4. The van der Waals surface area contributed by atoms with Gasteiger partial charge in [-0.3, -0.25) is 0 Å². The molecule has 0 spiro atoms. The fourth-order valence-electron chi connectivity index (χ4n) is 2.92. The molecular weight excluding hydrogens is 242 g/mol. The second-order valence-electron chi connectivity index (χ2n) is 5.10. The molecule has 1 fully saturated rings. The molecule has 0 saturated heterocycles. The molecule has 106 valence electrons. The summed E-state index contributed by atoms with van der Waals surface area (Å²) in [5.74, 6) is 0.943. The summed E-state index contributed by atoms with van der Waals surface area (Å²) in [6.45, 7) is 6.33. The van der Waals surface area contributed by atoms with Crippen LogP contribution in [0.3, 0.4) is 0 Å². The highest BCUT2D eigenvalue weighted by molar-refractivity contribution is 5.92. The Bertz CT molecular complexity index is 470.